The molecular weight excluding hydrogens is 340 g/mol. The van der Waals surface area contributed by atoms with Crippen LogP contribution in [0.3, 0.4) is 0 Å². The van der Waals surface area contributed by atoms with E-state index in [0.717, 1.165) is 11.1 Å². The van der Waals surface area contributed by atoms with E-state index >= 15 is 0 Å². The Hall–Kier alpha value is -2.79. The van der Waals surface area contributed by atoms with Gasteiger partial charge in [-0.2, -0.15) is 0 Å². The summed E-state index contributed by atoms with van der Waals surface area (Å²) in [6.45, 7) is 2.45. The Balaban J connectivity index is 1.77. The van der Waals surface area contributed by atoms with Crippen molar-refractivity contribution in [2.24, 2.45) is 0 Å². The van der Waals surface area contributed by atoms with E-state index in [1.807, 2.05) is 12.1 Å². The fraction of sp³-hybridized carbons (Fsp3) is 0.158. The van der Waals surface area contributed by atoms with Crippen LogP contribution in [-0.2, 0) is 11.3 Å². The predicted molar refractivity (Wildman–Crippen MR) is 98.3 cm³/mol. The van der Waals surface area contributed by atoms with Gasteiger partial charge in [-0.3, -0.25) is 0 Å². The summed E-state index contributed by atoms with van der Waals surface area (Å²) in [6.07, 6.45) is 3.33. The first-order valence-corrected chi connectivity index (χ1v) is 8.19. The van der Waals surface area contributed by atoms with Crippen molar-refractivity contribution in [1.29, 1.82) is 0 Å². The smallest absolute Gasteiger partial charge is 0.338 e. The van der Waals surface area contributed by atoms with Crippen molar-refractivity contribution in [3.05, 3.63) is 76.4 Å². The Morgan fingerprint density at radius 1 is 1.08 bits per heavy atom. The average molecular weight is 359 g/mol. The van der Waals surface area contributed by atoms with Crippen LogP contribution >= 0.6 is 11.6 Å². The van der Waals surface area contributed by atoms with E-state index in [4.69, 9.17) is 16.3 Å². The van der Waals surface area contributed by atoms with Gasteiger partial charge in [0.05, 0.1) is 12.2 Å². The number of hydrogen-bond acceptors (Lipinski definition) is 3. The first kappa shape index (κ1) is 18.5. The molecule has 0 aliphatic rings. The Morgan fingerprint density at radius 3 is 2.40 bits per heavy atom. The lowest BCUT2D eigenvalue weighted by Crippen LogP contribution is -2.31. The summed E-state index contributed by atoms with van der Waals surface area (Å²) in [5.74, 6) is -0.355. The van der Waals surface area contributed by atoms with Gasteiger partial charge in [0, 0.05) is 17.8 Å². The Labute approximate surface area is 151 Å². The highest BCUT2D eigenvalue weighted by molar-refractivity contribution is 6.30. The van der Waals surface area contributed by atoms with Crippen LogP contribution in [0.4, 0.5) is 4.79 Å². The maximum absolute atomic E-state index is 11.8. The third kappa shape index (κ3) is 6.31. The topological polar surface area (TPSA) is 67.4 Å². The first-order valence-electron chi connectivity index (χ1n) is 7.81. The summed E-state index contributed by atoms with van der Waals surface area (Å²) in [4.78, 5) is 23.3. The molecule has 2 aromatic carbocycles. The zero-order valence-corrected chi connectivity index (χ0v) is 14.5. The summed E-state index contributed by atoms with van der Waals surface area (Å²) < 4.78 is 4.92. The molecule has 2 aromatic rings. The van der Waals surface area contributed by atoms with Crippen molar-refractivity contribution in [2.45, 2.75) is 13.5 Å². The normalized spacial score (nSPS) is 10.5. The minimum absolute atomic E-state index is 0.320. The summed E-state index contributed by atoms with van der Waals surface area (Å²) in [6, 6.07) is 13.8. The molecule has 130 valence electrons. The molecule has 5 nitrogen and oxygen atoms in total. The predicted octanol–water partition coefficient (Wildman–Crippen LogP) is 3.99. The van der Waals surface area contributed by atoms with Gasteiger partial charge in [0.2, 0.25) is 0 Å². The third-order valence-electron chi connectivity index (χ3n) is 3.28. The van der Waals surface area contributed by atoms with Crippen LogP contribution in [0.5, 0.6) is 0 Å². The van der Waals surface area contributed by atoms with Crippen LogP contribution in [0, 0.1) is 0 Å². The fourth-order valence-electron chi connectivity index (χ4n) is 1.99. The number of halogens is 1. The fourth-order valence-corrected chi connectivity index (χ4v) is 2.12. The lowest BCUT2D eigenvalue weighted by atomic mass is 10.1. The molecule has 2 amide bonds. The lowest BCUT2D eigenvalue weighted by molar-refractivity contribution is 0.0526. The Kier molecular flexibility index (Phi) is 7.04. The number of carbonyl (C=O) groups is 2. The standard InChI is InChI=1S/C19H19ClN2O3/c1-2-25-18(23)16-7-3-15(4-8-16)13-22-19(24)21-12-11-14-5-9-17(20)10-6-14/h3-12H,2,13H2,1H3,(H2,21,22,24)/b12-11+. The zero-order valence-electron chi connectivity index (χ0n) is 13.8. The molecule has 0 spiro atoms. The molecule has 0 atom stereocenters. The van der Waals surface area contributed by atoms with Crippen LogP contribution in [0.25, 0.3) is 6.08 Å². The number of hydrogen-bond donors (Lipinski definition) is 2. The monoisotopic (exact) mass is 358 g/mol. The van der Waals surface area contributed by atoms with Crippen molar-refractivity contribution in [3.8, 4) is 0 Å². The van der Waals surface area contributed by atoms with Crippen LogP contribution in [-0.4, -0.2) is 18.6 Å². The van der Waals surface area contributed by atoms with Crippen LogP contribution in [0.1, 0.15) is 28.4 Å². The number of urea groups is 1. The zero-order chi connectivity index (χ0) is 18.1. The highest BCUT2D eigenvalue weighted by Gasteiger charge is 2.05. The molecule has 0 bridgehead atoms. The van der Waals surface area contributed by atoms with Crippen molar-refractivity contribution < 1.29 is 14.3 Å². The van der Waals surface area contributed by atoms with E-state index in [1.165, 1.54) is 0 Å². The summed E-state index contributed by atoms with van der Waals surface area (Å²) in [5.41, 5.74) is 2.30. The van der Waals surface area contributed by atoms with Gasteiger partial charge in [-0.1, -0.05) is 35.9 Å². The molecule has 6 heteroatoms. The average Bonchev–Trinajstić information content (AvgIpc) is 2.62. The first-order chi connectivity index (χ1) is 12.1. The van der Waals surface area contributed by atoms with E-state index in [-0.39, 0.29) is 12.0 Å². The van der Waals surface area contributed by atoms with E-state index < -0.39 is 0 Å². The van der Waals surface area contributed by atoms with Gasteiger partial charge in [-0.05, 0) is 48.4 Å². The number of amides is 2. The van der Waals surface area contributed by atoms with Gasteiger partial charge >= 0.3 is 12.0 Å². The quantitative estimate of drug-likeness (QED) is 0.767. The van der Waals surface area contributed by atoms with Gasteiger partial charge in [-0.15, -0.1) is 0 Å². The Morgan fingerprint density at radius 2 is 1.76 bits per heavy atom. The molecule has 0 fully saturated rings. The maximum atomic E-state index is 11.8. The van der Waals surface area contributed by atoms with Crippen molar-refractivity contribution in [3.63, 3.8) is 0 Å². The van der Waals surface area contributed by atoms with Crippen LogP contribution in [0.2, 0.25) is 5.02 Å². The number of carbonyl (C=O) groups excluding carboxylic acids is 2. The lowest BCUT2D eigenvalue weighted by Gasteiger charge is -2.06. The third-order valence-corrected chi connectivity index (χ3v) is 3.53. The van der Waals surface area contributed by atoms with E-state index in [2.05, 4.69) is 10.6 Å². The Bertz CT molecular complexity index is 740. The number of nitrogens with one attached hydrogen (secondary N) is 2. The summed E-state index contributed by atoms with van der Waals surface area (Å²) in [5, 5.41) is 6.02. The molecule has 2 rings (SSSR count). The molecule has 0 saturated heterocycles. The molecule has 0 saturated carbocycles. The second-order valence-electron chi connectivity index (χ2n) is 5.13. The highest BCUT2D eigenvalue weighted by Crippen LogP contribution is 2.10. The number of esters is 1. The number of benzene rings is 2. The van der Waals surface area contributed by atoms with Gasteiger partial charge in [0.1, 0.15) is 0 Å². The second kappa shape index (κ2) is 9.49. The molecule has 2 N–H and O–H groups in total. The molecule has 0 heterocycles. The van der Waals surface area contributed by atoms with Gasteiger partial charge in [-0.25, -0.2) is 9.59 Å². The summed E-state index contributed by atoms with van der Waals surface area (Å²) >= 11 is 5.81. The van der Waals surface area contributed by atoms with E-state index in [9.17, 15) is 9.59 Å². The number of rotatable bonds is 6. The molecule has 25 heavy (non-hydrogen) atoms. The van der Waals surface area contributed by atoms with Gasteiger partial charge < -0.3 is 15.4 Å². The molecular formula is C19H19ClN2O3. The number of ether oxygens (including phenoxy) is 1. The second-order valence-corrected chi connectivity index (χ2v) is 5.57. The minimum atomic E-state index is -0.355. The SMILES string of the molecule is CCOC(=O)c1ccc(CNC(=O)N/C=C/c2ccc(Cl)cc2)cc1. The van der Waals surface area contributed by atoms with Crippen LogP contribution < -0.4 is 10.6 Å². The van der Waals surface area contributed by atoms with Crippen molar-refractivity contribution >= 4 is 29.7 Å². The molecule has 0 aromatic heterocycles. The van der Waals surface area contributed by atoms with E-state index in [0.29, 0.717) is 23.7 Å². The van der Waals surface area contributed by atoms with E-state index in [1.54, 1.807) is 55.6 Å². The van der Waals surface area contributed by atoms with Gasteiger partial charge in [0.15, 0.2) is 0 Å². The van der Waals surface area contributed by atoms with Crippen LogP contribution in [0.15, 0.2) is 54.7 Å². The summed E-state index contributed by atoms with van der Waals surface area (Å²) in [7, 11) is 0. The molecule has 0 aliphatic heterocycles. The largest absolute Gasteiger partial charge is 0.462 e. The molecule has 0 unspecified atom stereocenters. The minimum Gasteiger partial charge on any atom is -0.462 e. The van der Waals surface area contributed by atoms with Gasteiger partial charge in [0.25, 0.3) is 0 Å². The van der Waals surface area contributed by atoms with Crippen molar-refractivity contribution in [2.75, 3.05) is 6.61 Å². The van der Waals surface area contributed by atoms with Crippen molar-refractivity contribution in [1.82, 2.24) is 10.6 Å². The highest BCUT2D eigenvalue weighted by atomic mass is 35.5. The maximum Gasteiger partial charge on any atom is 0.338 e. The molecule has 0 radical (unpaired) electrons. The molecule has 0 aliphatic carbocycles.